The van der Waals surface area contributed by atoms with Gasteiger partial charge in [-0.1, -0.05) is 19.1 Å². The summed E-state index contributed by atoms with van der Waals surface area (Å²) in [4.78, 5) is 26.5. The fourth-order valence-electron chi connectivity index (χ4n) is 2.70. The van der Waals surface area contributed by atoms with Gasteiger partial charge in [0.05, 0.1) is 17.9 Å². The molecule has 1 N–H and O–H groups in total. The predicted octanol–water partition coefficient (Wildman–Crippen LogP) is 3.25. The molecule has 0 saturated carbocycles. The molecule has 0 spiro atoms. The van der Waals surface area contributed by atoms with E-state index in [2.05, 4.69) is 5.32 Å². The third-order valence-corrected chi connectivity index (χ3v) is 3.96. The zero-order valence-corrected chi connectivity index (χ0v) is 12.8. The van der Waals surface area contributed by atoms with Gasteiger partial charge in [0.15, 0.2) is 5.78 Å². The van der Waals surface area contributed by atoms with Gasteiger partial charge in [0, 0.05) is 5.56 Å². The second-order valence-electron chi connectivity index (χ2n) is 5.48. The lowest BCUT2D eigenvalue weighted by atomic mass is 10.0. The molecule has 1 aliphatic rings. The van der Waals surface area contributed by atoms with Crippen molar-refractivity contribution in [2.75, 3.05) is 16.8 Å². The summed E-state index contributed by atoms with van der Waals surface area (Å²) < 4.78 is 13.0. The Morgan fingerprint density at radius 1 is 1.17 bits per heavy atom. The molecule has 0 saturated heterocycles. The van der Waals surface area contributed by atoms with Gasteiger partial charge >= 0.3 is 0 Å². The van der Waals surface area contributed by atoms with Crippen LogP contribution < -0.4 is 10.2 Å². The largest absolute Gasteiger partial charge is 0.372 e. The van der Waals surface area contributed by atoms with Crippen LogP contribution in [-0.2, 0) is 4.79 Å². The van der Waals surface area contributed by atoms with Crippen LogP contribution in [0.4, 0.5) is 15.8 Å². The molecule has 5 heteroatoms. The van der Waals surface area contributed by atoms with Gasteiger partial charge < -0.3 is 10.2 Å². The first-order chi connectivity index (χ1) is 11.1. The number of carbonyl (C=O) groups excluding carboxylic acids is 2. The molecule has 0 aromatic heterocycles. The van der Waals surface area contributed by atoms with E-state index < -0.39 is 5.82 Å². The second-order valence-corrected chi connectivity index (χ2v) is 5.48. The maximum absolute atomic E-state index is 13.0. The zero-order chi connectivity index (χ0) is 16.4. The van der Waals surface area contributed by atoms with Crippen molar-refractivity contribution in [3.05, 3.63) is 59.9 Å². The van der Waals surface area contributed by atoms with Gasteiger partial charge in [-0.25, -0.2) is 4.39 Å². The first-order valence-electron chi connectivity index (χ1n) is 7.56. The van der Waals surface area contributed by atoms with Crippen LogP contribution in [0.25, 0.3) is 0 Å². The number of hydrogen-bond donors (Lipinski definition) is 1. The lowest BCUT2D eigenvalue weighted by Crippen LogP contribution is -2.48. The van der Waals surface area contributed by atoms with Crippen LogP contribution in [0.3, 0.4) is 0 Å². The highest BCUT2D eigenvalue weighted by Crippen LogP contribution is 2.32. The Kier molecular flexibility index (Phi) is 4.10. The lowest BCUT2D eigenvalue weighted by molar-refractivity contribution is -0.119. The van der Waals surface area contributed by atoms with E-state index in [0.717, 1.165) is 5.69 Å². The first-order valence-corrected chi connectivity index (χ1v) is 7.56. The number of fused-ring (bicyclic) bond motifs is 1. The van der Waals surface area contributed by atoms with E-state index in [0.29, 0.717) is 17.7 Å². The van der Waals surface area contributed by atoms with Crippen molar-refractivity contribution in [1.82, 2.24) is 0 Å². The number of nitrogens with zero attached hydrogens (tertiary/aromatic N) is 1. The Hall–Kier alpha value is -2.69. The van der Waals surface area contributed by atoms with Crippen LogP contribution in [-0.4, -0.2) is 24.3 Å². The summed E-state index contributed by atoms with van der Waals surface area (Å²) in [5, 5.41) is 3.19. The molecule has 3 rings (SSSR count). The number of nitrogens with one attached hydrogen (secondary N) is 1. The van der Waals surface area contributed by atoms with Crippen molar-refractivity contribution in [3.8, 4) is 0 Å². The number of para-hydroxylation sites is 2. The number of rotatable bonds is 4. The van der Waals surface area contributed by atoms with Gasteiger partial charge in [-0.2, -0.15) is 0 Å². The van der Waals surface area contributed by atoms with Crippen LogP contribution in [0.5, 0.6) is 0 Å². The number of Topliss-reactive ketones (excluding diaryl/α,β-unsaturated/α-hetero) is 1. The summed E-state index contributed by atoms with van der Waals surface area (Å²) in [5.74, 6) is -0.734. The maximum Gasteiger partial charge on any atom is 0.249 e. The van der Waals surface area contributed by atoms with E-state index >= 15 is 0 Å². The molecule has 118 valence electrons. The number of ketones is 1. The number of halogens is 1. The van der Waals surface area contributed by atoms with Crippen molar-refractivity contribution in [1.29, 1.82) is 0 Å². The number of anilines is 2. The molecule has 0 bridgehead atoms. The zero-order valence-electron chi connectivity index (χ0n) is 12.8. The fraction of sp³-hybridized carbons (Fsp3) is 0.222. The van der Waals surface area contributed by atoms with Gasteiger partial charge in [0.1, 0.15) is 11.9 Å². The monoisotopic (exact) mass is 312 g/mol. The SMILES string of the molecule is CCC1Nc2ccccc2N(CC(=O)c2ccc(F)cc2)C1=O. The molecule has 1 heterocycles. The molecular weight excluding hydrogens is 295 g/mol. The normalized spacial score (nSPS) is 16.7. The molecule has 2 aromatic carbocycles. The van der Waals surface area contributed by atoms with Crippen molar-refractivity contribution in [2.24, 2.45) is 0 Å². The highest BCUT2D eigenvalue weighted by molar-refractivity contribution is 6.10. The summed E-state index contributed by atoms with van der Waals surface area (Å²) >= 11 is 0. The maximum atomic E-state index is 13.0. The molecule has 2 aromatic rings. The highest BCUT2D eigenvalue weighted by atomic mass is 19.1. The van der Waals surface area contributed by atoms with Gasteiger partial charge in [-0.15, -0.1) is 0 Å². The van der Waals surface area contributed by atoms with Crippen molar-refractivity contribution in [2.45, 2.75) is 19.4 Å². The Bertz CT molecular complexity index is 743. The quantitative estimate of drug-likeness (QED) is 0.882. The number of hydrogen-bond acceptors (Lipinski definition) is 3. The van der Waals surface area contributed by atoms with Crippen LogP contribution in [0.1, 0.15) is 23.7 Å². The van der Waals surface area contributed by atoms with Crippen LogP contribution in [0.2, 0.25) is 0 Å². The minimum atomic E-state index is -0.392. The highest BCUT2D eigenvalue weighted by Gasteiger charge is 2.32. The minimum absolute atomic E-state index is 0.0559. The molecule has 0 fully saturated rings. The Labute approximate surface area is 133 Å². The van der Waals surface area contributed by atoms with Gasteiger partial charge in [0.2, 0.25) is 5.91 Å². The van der Waals surface area contributed by atoms with Crippen LogP contribution in [0.15, 0.2) is 48.5 Å². The Balaban J connectivity index is 1.89. The van der Waals surface area contributed by atoms with Gasteiger partial charge in [-0.3, -0.25) is 9.59 Å². The van der Waals surface area contributed by atoms with Crippen LogP contribution in [0, 0.1) is 5.82 Å². The Morgan fingerprint density at radius 3 is 2.57 bits per heavy atom. The molecule has 1 aliphatic heterocycles. The number of carbonyl (C=O) groups is 2. The van der Waals surface area contributed by atoms with Crippen molar-refractivity contribution < 1.29 is 14.0 Å². The fourth-order valence-corrected chi connectivity index (χ4v) is 2.70. The standard InChI is InChI=1S/C18H17FN2O2/c1-2-14-18(23)21(16-6-4-3-5-15(16)20-14)11-17(22)12-7-9-13(19)10-8-12/h3-10,14,20H,2,11H2,1H3. The third kappa shape index (κ3) is 2.95. The van der Waals surface area contributed by atoms with E-state index in [1.54, 1.807) is 0 Å². The molecule has 1 unspecified atom stereocenters. The molecule has 0 radical (unpaired) electrons. The summed E-state index contributed by atoms with van der Waals surface area (Å²) in [7, 11) is 0. The van der Waals surface area contributed by atoms with Crippen molar-refractivity contribution >= 4 is 23.1 Å². The molecule has 23 heavy (non-hydrogen) atoms. The Morgan fingerprint density at radius 2 is 1.87 bits per heavy atom. The minimum Gasteiger partial charge on any atom is -0.372 e. The van der Waals surface area contributed by atoms with Crippen LogP contribution >= 0.6 is 0 Å². The first kappa shape index (κ1) is 15.2. The topological polar surface area (TPSA) is 49.4 Å². The van der Waals surface area contributed by atoms with E-state index in [1.165, 1.54) is 29.2 Å². The summed E-state index contributed by atoms with van der Waals surface area (Å²) in [5.41, 5.74) is 1.92. The predicted molar refractivity (Wildman–Crippen MR) is 87.2 cm³/mol. The van der Waals surface area contributed by atoms with E-state index in [4.69, 9.17) is 0 Å². The van der Waals surface area contributed by atoms with E-state index in [-0.39, 0.29) is 24.3 Å². The molecule has 1 amide bonds. The average Bonchev–Trinajstić information content (AvgIpc) is 2.57. The van der Waals surface area contributed by atoms with E-state index in [9.17, 15) is 14.0 Å². The summed E-state index contributed by atoms with van der Waals surface area (Å²) in [6.45, 7) is 1.86. The summed E-state index contributed by atoms with van der Waals surface area (Å²) in [6, 6.07) is 12.4. The molecule has 0 aliphatic carbocycles. The molecular formula is C18H17FN2O2. The third-order valence-electron chi connectivity index (χ3n) is 3.96. The second kappa shape index (κ2) is 6.20. The summed E-state index contributed by atoms with van der Waals surface area (Å²) in [6.07, 6.45) is 0.633. The number of benzene rings is 2. The smallest absolute Gasteiger partial charge is 0.249 e. The molecule has 4 nitrogen and oxygen atoms in total. The van der Waals surface area contributed by atoms with Crippen molar-refractivity contribution in [3.63, 3.8) is 0 Å². The average molecular weight is 312 g/mol. The van der Waals surface area contributed by atoms with Gasteiger partial charge in [-0.05, 0) is 42.8 Å². The number of amides is 1. The van der Waals surface area contributed by atoms with Gasteiger partial charge in [0.25, 0.3) is 0 Å². The van der Waals surface area contributed by atoms with E-state index in [1.807, 2.05) is 31.2 Å². The lowest BCUT2D eigenvalue weighted by Gasteiger charge is -2.34. The molecule has 1 atom stereocenters.